The molecule has 186 valence electrons. The summed E-state index contributed by atoms with van der Waals surface area (Å²) in [5, 5.41) is 6.31. The van der Waals surface area contributed by atoms with Gasteiger partial charge in [0.1, 0.15) is 5.75 Å². The van der Waals surface area contributed by atoms with Gasteiger partial charge in [-0.3, -0.25) is 24.3 Å². The summed E-state index contributed by atoms with van der Waals surface area (Å²) in [6.07, 6.45) is 9.20. The van der Waals surface area contributed by atoms with E-state index in [4.69, 9.17) is 0 Å². The molecule has 0 aliphatic carbocycles. The van der Waals surface area contributed by atoms with Gasteiger partial charge in [0, 0.05) is 48.2 Å². The van der Waals surface area contributed by atoms with Crippen molar-refractivity contribution < 1.29 is 18.3 Å². The second kappa shape index (κ2) is 10.5. The van der Waals surface area contributed by atoms with Crippen LogP contribution in [0.5, 0.6) is 5.75 Å². The van der Waals surface area contributed by atoms with Crippen LogP contribution in [0, 0.1) is 0 Å². The van der Waals surface area contributed by atoms with E-state index in [0.717, 1.165) is 47.4 Å². The van der Waals surface area contributed by atoms with Gasteiger partial charge in [0.25, 0.3) is 0 Å². The number of carbonyl (C=O) groups excluding carboxylic acids is 1. The molecule has 0 spiro atoms. The van der Waals surface area contributed by atoms with Gasteiger partial charge >= 0.3 is 6.61 Å². The molecule has 7 nitrogen and oxygen atoms in total. The molecule has 0 radical (unpaired) electrons. The molecule has 0 amide bonds. The molecule has 0 unspecified atom stereocenters. The second-order valence-electron chi connectivity index (χ2n) is 9.06. The summed E-state index contributed by atoms with van der Waals surface area (Å²) in [6.45, 7) is 0.130. The number of hydrogen-bond donors (Lipinski definition) is 0. The zero-order valence-electron chi connectivity index (χ0n) is 20.0. The number of benzene rings is 1. The highest BCUT2D eigenvalue weighted by atomic mass is 19.3. The number of likely N-dealkylation sites (tertiary alicyclic amines) is 1. The van der Waals surface area contributed by atoms with Crippen LogP contribution in [0.25, 0.3) is 22.0 Å². The van der Waals surface area contributed by atoms with Gasteiger partial charge in [0.15, 0.2) is 5.78 Å². The lowest BCUT2D eigenvalue weighted by molar-refractivity contribution is -0.0498. The average molecular weight is 492 g/mol. The van der Waals surface area contributed by atoms with Crippen molar-refractivity contribution in [2.75, 3.05) is 13.1 Å². The Kier molecular flexibility index (Phi) is 6.99. The van der Waals surface area contributed by atoms with Crippen LogP contribution in [-0.2, 0) is 20.0 Å². The third-order valence-electron chi connectivity index (χ3n) is 6.56. The zero-order chi connectivity index (χ0) is 25.1. The molecular formula is C27H27F2N5O2. The molecule has 4 heterocycles. The summed E-state index contributed by atoms with van der Waals surface area (Å²) >= 11 is 0. The molecule has 1 saturated heterocycles. The summed E-state index contributed by atoms with van der Waals surface area (Å²) < 4.78 is 31.0. The van der Waals surface area contributed by atoms with Gasteiger partial charge in [-0.2, -0.15) is 13.9 Å². The number of hydrogen-bond acceptors (Lipinski definition) is 6. The van der Waals surface area contributed by atoms with Crippen molar-refractivity contribution in [3.8, 4) is 17.0 Å². The number of nitrogens with zero attached hydrogens (tertiary/aromatic N) is 5. The molecule has 1 aromatic carbocycles. The Morgan fingerprint density at radius 2 is 1.75 bits per heavy atom. The van der Waals surface area contributed by atoms with Gasteiger partial charge in [0.2, 0.25) is 0 Å². The van der Waals surface area contributed by atoms with Crippen molar-refractivity contribution in [1.29, 1.82) is 0 Å². The minimum atomic E-state index is -2.90. The van der Waals surface area contributed by atoms with Crippen LogP contribution >= 0.6 is 0 Å². The molecule has 1 fully saturated rings. The van der Waals surface area contributed by atoms with E-state index >= 15 is 0 Å². The van der Waals surface area contributed by atoms with E-state index in [1.807, 2.05) is 30.1 Å². The summed E-state index contributed by atoms with van der Waals surface area (Å²) in [5.74, 6) is -0.142. The van der Waals surface area contributed by atoms with Crippen LogP contribution in [0.2, 0.25) is 0 Å². The molecule has 5 rings (SSSR count). The number of ether oxygens (including phenoxy) is 1. The summed E-state index contributed by atoms with van der Waals surface area (Å²) in [6, 6.07) is 9.59. The molecule has 0 atom stereocenters. The summed E-state index contributed by atoms with van der Waals surface area (Å²) in [4.78, 5) is 24.3. The highest BCUT2D eigenvalue weighted by molar-refractivity contribution is 5.98. The quantitative estimate of drug-likeness (QED) is 0.322. The summed E-state index contributed by atoms with van der Waals surface area (Å²) in [7, 11) is 1.96. The second-order valence-corrected chi connectivity index (χ2v) is 9.06. The monoisotopic (exact) mass is 491 g/mol. The first kappa shape index (κ1) is 24.0. The maximum Gasteiger partial charge on any atom is 0.387 e. The molecule has 3 aromatic heterocycles. The fourth-order valence-electron chi connectivity index (χ4n) is 4.61. The average Bonchev–Trinajstić information content (AvgIpc) is 3.24. The molecule has 0 N–H and O–H groups in total. The van der Waals surface area contributed by atoms with Gasteiger partial charge in [0.05, 0.1) is 24.0 Å². The maximum atomic E-state index is 12.8. The number of pyridine rings is 2. The number of rotatable bonds is 8. The van der Waals surface area contributed by atoms with Crippen LogP contribution in [0.1, 0.15) is 41.0 Å². The molecule has 36 heavy (non-hydrogen) atoms. The van der Waals surface area contributed by atoms with Crippen LogP contribution in [0.4, 0.5) is 8.78 Å². The molecule has 1 aliphatic rings. The Balaban J connectivity index is 1.36. The number of Topliss-reactive ketones (excluding diaryl/α,β-unsaturated/α-hetero) is 1. The van der Waals surface area contributed by atoms with E-state index in [1.54, 1.807) is 12.4 Å². The molecule has 1 aliphatic heterocycles. The van der Waals surface area contributed by atoms with E-state index < -0.39 is 6.61 Å². The first-order chi connectivity index (χ1) is 17.5. The fraction of sp³-hybridized carbons (Fsp3) is 0.333. The highest BCUT2D eigenvalue weighted by Crippen LogP contribution is 2.27. The SMILES string of the molecule is Cn1ncc(-c2cc3cc(CC(=O)c4ccc(OC(F)F)cc4)ncc3cn2)c1CN1CCCCC1. The number of aryl methyl sites for hydroxylation is 1. The third kappa shape index (κ3) is 5.41. The predicted octanol–water partition coefficient (Wildman–Crippen LogP) is 5.04. The number of carbonyl (C=O) groups is 1. The molecule has 0 saturated carbocycles. The van der Waals surface area contributed by atoms with Crippen molar-refractivity contribution in [3.63, 3.8) is 0 Å². The standard InChI is InChI=1S/C27H27F2N5O2/c1-33-25(17-34-9-3-2-4-10-34)23(16-32-33)24-12-19-11-21(30-14-20(19)15-31-24)13-26(35)18-5-7-22(8-6-18)36-27(28)29/h5-8,11-12,14-16,27H,2-4,9-10,13,17H2,1H3. The van der Waals surface area contributed by atoms with E-state index in [-0.39, 0.29) is 18.0 Å². The van der Waals surface area contributed by atoms with E-state index in [1.165, 1.54) is 43.5 Å². The number of aromatic nitrogens is 4. The largest absolute Gasteiger partial charge is 0.435 e. The topological polar surface area (TPSA) is 73.1 Å². The van der Waals surface area contributed by atoms with Gasteiger partial charge in [-0.1, -0.05) is 6.42 Å². The molecule has 4 aromatic rings. The van der Waals surface area contributed by atoms with Crippen LogP contribution in [0.3, 0.4) is 0 Å². The number of halogens is 2. The number of piperidine rings is 1. The van der Waals surface area contributed by atoms with Crippen LogP contribution in [0.15, 0.2) is 55.0 Å². The first-order valence-electron chi connectivity index (χ1n) is 12.0. The van der Waals surface area contributed by atoms with E-state index in [2.05, 4.69) is 24.7 Å². The van der Waals surface area contributed by atoms with Crippen molar-refractivity contribution in [2.45, 2.75) is 38.8 Å². The Morgan fingerprint density at radius 3 is 2.50 bits per heavy atom. The van der Waals surface area contributed by atoms with Crippen LogP contribution in [-0.4, -0.2) is 50.1 Å². The zero-order valence-corrected chi connectivity index (χ0v) is 20.0. The van der Waals surface area contributed by atoms with Crippen molar-refractivity contribution >= 4 is 16.6 Å². The first-order valence-corrected chi connectivity index (χ1v) is 12.0. The normalized spacial score (nSPS) is 14.4. The number of alkyl halides is 2. The third-order valence-corrected chi connectivity index (χ3v) is 6.56. The number of ketones is 1. The highest BCUT2D eigenvalue weighted by Gasteiger charge is 2.18. The fourth-order valence-corrected chi connectivity index (χ4v) is 4.61. The van der Waals surface area contributed by atoms with Gasteiger partial charge in [-0.05, 0) is 67.7 Å². The lowest BCUT2D eigenvalue weighted by atomic mass is 10.0. The smallest absolute Gasteiger partial charge is 0.387 e. The Bertz CT molecular complexity index is 1360. The van der Waals surface area contributed by atoms with Gasteiger partial charge in [-0.15, -0.1) is 0 Å². The Hall–Kier alpha value is -3.72. The lowest BCUT2D eigenvalue weighted by Crippen LogP contribution is -2.30. The maximum absolute atomic E-state index is 12.8. The lowest BCUT2D eigenvalue weighted by Gasteiger charge is -2.26. The molecule has 0 bridgehead atoms. The Labute approximate surface area is 207 Å². The van der Waals surface area contributed by atoms with E-state index in [9.17, 15) is 13.6 Å². The van der Waals surface area contributed by atoms with Crippen molar-refractivity contribution in [3.05, 3.63) is 71.9 Å². The summed E-state index contributed by atoms with van der Waals surface area (Å²) in [5.41, 5.74) is 4.00. The predicted molar refractivity (Wildman–Crippen MR) is 132 cm³/mol. The van der Waals surface area contributed by atoms with Gasteiger partial charge < -0.3 is 4.74 Å². The minimum Gasteiger partial charge on any atom is -0.435 e. The van der Waals surface area contributed by atoms with Crippen molar-refractivity contribution in [2.24, 2.45) is 7.05 Å². The minimum absolute atomic E-state index is 0.0143. The van der Waals surface area contributed by atoms with Crippen molar-refractivity contribution in [1.82, 2.24) is 24.6 Å². The molecule has 9 heteroatoms. The van der Waals surface area contributed by atoms with E-state index in [0.29, 0.717) is 11.3 Å². The van der Waals surface area contributed by atoms with Crippen LogP contribution < -0.4 is 4.74 Å². The van der Waals surface area contributed by atoms with Gasteiger partial charge in [-0.25, -0.2) is 0 Å². The molecular weight excluding hydrogens is 464 g/mol. The Morgan fingerprint density at radius 1 is 1.00 bits per heavy atom. The number of fused-ring (bicyclic) bond motifs is 1.